The van der Waals surface area contributed by atoms with Crippen LogP contribution in [-0.4, -0.2) is 21.5 Å². The zero-order valence-corrected chi connectivity index (χ0v) is 16.4. The number of allylic oxidation sites excluding steroid dienone is 1. The molecule has 1 heterocycles. The SMILES string of the molecule is CCN/C=C(/Cc1cn(C)nc1-c1ccc(C)cc1C(C)C)C(=N)Cl. The summed E-state index contributed by atoms with van der Waals surface area (Å²) in [5.41, 5.74) is 6.49. The average Bonchev–Trinajstić information content (AvgIpc) is 2.91. The number of aromatic nitrogens is 2. The normalized spacial score (nSPS) is 11.9. The summed E-state index contributed by atoms with van der Waals surface area (Å²) in [7, 11) is 1.93. The molecule has 0 unspecified atom stereocenters. The maximum atomic E-state index is 7.83. The van der Waals surface area contributed by atoms with Gasteiger partial charge in [-0.25, -0.2) is 0 Å². The Morgan fingerprint density at radius 2 is 2.12 bits per heavy atom. The minimum Gasteiger partial charge on any atom is -0.391 e. The van der Waals surface area contributed by atoms with Crippen molar-refractivity contribution in [3.63, 3.8) is 0 Å². The van der Waals surface area contributed by atoms with Crippen LogP contribution in [0.4, 0.5) is 0 Å². The molecule has 0 amide bonds. The Morgan fingerprint density at radius 1 is 1.40 bits per heavy atom. The first-order valence-electron chi connectivity index (χ1n) is 8.63. The van der Waals surface area contributed by atoms with Gasteiger partial charge in [0.25, 0.3) is 0 Å². The first kappa shape index (κ1) is 19.3. The third-order valence-electron chi connectivity index (χ3n) is 4.13. The van der Waals surface area contributed by atoms with E-state index in [4.69, 9.17) is 22.1 Å². The highest BCUT2D eigenvalue weighted by atomic mass is 35.5. The van der Waals surface area contributed by atoms with Gasteiger partial charge in [-0.3, -0.25) is 10.1 Å². The fraction of sp³-hybridized carbons (Fsp3) is 0.400. The molecular formula is C20H27ClN4. The van der Waals surface area contributed by atoms with Crippen LogP contribution in [0.5, 0.6) is 0 Å². The Kier molecular flexibility index (Phi) is 6.43. The number of aryl methyl sites for hydroxylation is 2. The van der Waals surface area contributed by atoms with E-state index in [9.17, 15) is 0 Å². The molecule has 0 aliphatic rings. The van der Waals surface area contributed by atoms with Gasteiger partial charge in [0.2, 0.25) is 0 Å². The summed E-state index contributed by atoms with van der Waals surface area (Å²) in [5.74, 6) is 0.410. The van der Waals surface area contributed by atoms with Crippen molar-refractivity contribution >= 4 is 16.8 Å². The van der Waals surface area contributed by atoms with Gasteiger partial charge in [-0.2, -0.15) is 5.10 Å². The van der Waals surface area contributed by atoms with Gasteiger partial charge in [-0.15, -0.1) is 0 Å². The second-order valence-electron chi connectivity index (χ2n) is 6.64. The van der Waals surface area contributed by atoms with Crippen LogP contribution < -0.4 is 5.32 Å². The summed E-state index contributed by atoms with van der Waals surface area (Å²) in [6, 6.07) is 6.51. The summed E-state index contributed by atoms with van der Waals surface area (Å²) in [6.45, 7) is 9.32. The first-order valence-corrected chi connectivity index (χ1v) is 9.01. The maximum Gasteiger partial charge on any atom is 0.125 e. The van der Waals surface area contributed by atoms with Gasteiger partial charge in [-0.05, 0) is 25.3 Å². The number of nitrogens with zero attached hydrogens (tertiary/aromatic N) is 2. The molecule has 0 fully saturated rings. The van der Waals surface area contributed by atoms with Crippen LogP contribution in [0.15, 0.2) is 36.2 Å². The van der Waals surface area contributed by atoms with Gasteiger partial charge in [0.15, 0.2) is 0 Å². The summed E-state index contributed by atoms with van der Waals surface area (Å²) in [6.07, 6.45) is 4.41. The number of hydrogen-bond donors (Lipinski definition) is 2. The van der Waals surface area contributed by atoms with Gasteiger partial charge in [0.1, 0.15) is 5.17 Å². The lowest BCUT2D eigenvalue weighted by molar-refractivity contribution is 0.768. The lowest BCUT2D eigenvalue weighted by atomic mass is 9.91. The molecule has 134 valence electrons. The molecular weight excluding hydrogens is 332 g/mol. The van der Waals surface area contributed by atoms with Crippen molar-refractivity contribution in [3.8, 4) is 11.3 Å². The van der Waals surface area contributed by atoms with Gasteiger partial charge in [0, 0.05) is 49.1 Å². The van der Waals surface area contributed by atoms with Crippen molar-refractivity contribution in [2.24, 2.45) is 7.05 Å². The van der Waals surface area contributed by atoms with E-state index in [0.717, 1.165) is 28.9 Å². The minimum absolute atomic E-state index is 0.0590. The molecule has 0 saturated carbocycles. The Balaban J connectivity index is 2.50. The Labute approximate surface area is 155 Å². The van der Waals surface area contributed by atoms with Crippen LogP contribution in [-0.2, 0) is 13.5 Å². The highest BCUT2D eigenvalue weighted by Gasteiger charge is 2.17. The Bertz CT molecular complexity index is 787. The van der Waals surface area contributed by atoms with E-state index in [1.165, 1.54) is 11.1 Å². The van der Waals surface area contributed by atoms with Crippen molar-refractivity contribution in [1.29, 1.82) is 5.41 Å². The van der Waals surface area contributed by atoms with Crippen LogP contribution >= 0.6 is 11.6 Å². The number of rotatable bonds is 7. The van der Waals surface area contributed by atoms with Crippen molar-refractivity contribution in [1.82, 2.24) is 15.1 Å². The molecule has 0 saturated heterocycles. The summed E-state index contributed by atoms with van der Waals surface area (Å²) < 4.78 is 1.83. The van der Waals surface area contributed by atoms with Crippen molar-refractivity contribution < 1.29 is 0 Å². The third-order valence-corrected chi connectivity index (χ3v) is 4.37. The predicted octanol–water partition coefficient (Wildman–Crippen LogP) is 4.77. The molecule has 25 heavy (non-hydrogen) atoms. The fourth-order valence-electron chi connectivity index (χ4n) is 2.89. The van der Waals surface area contributed by atoms with E-state index in [2.05, 4.69) is 44.3 Å². The molecule has 0 aliphatic carbocycles. The lowest BCUT2D eigenvalue weighted by Gasteiger charge is -2.14. The van der Waals surface area contributed by atoms with Crippen LogP contribution in [0.2, 0.25) is 0 Å². The number of hydrogen-bond acceptors (Lipinski definition) is 3. The van der Waals surface area contributed by atoms with Crippen LogP contribution in [0, 0.1) is 12.3 Å². The van der Waals surface area contributed by atoms with Crippen molar-refractivity contribution in [2.45, 2.75) is 40.0 Å². The molecule has 1 aromatic carbocycles. The van der Waals surface area contributed by atoms with Crippen molar-refractivity contribution in [2.75, 3.05) is 6.54 Å². The smallest absolute Gasteiger partial charge is 0.125 e. The van der Waals surface area contributed by atoms with E-state index in [-0.39, 0.29) is 5.17 Å². The minimum atomic E-state index is 0.0590. The van der Waals surface area contributed by atoms with Crippen LogP contribution in [0.25, 0.3) is 11.3 Å². The Morgan fingerprint density at radius 3 is 2.72 bits per heavy atom. The summed E-state index contributed by atoms with van der Waals surface area (Å²) in [4.78, 5) is 0. The molecule has 0 spiro atoms. The number of halogens is 1. The Hall–Kier alpha value is -2.07. The standard InChI is InChI=1S/C20H27ClN4/c1-6-23-11-15(20(21)22)10-16-12-25(5)24-19(16)17-8-7-14(4)9-18(17)13(2)3/h7-9,11-13,22-23H,6,10H2,1-5H3/b15-11-,22-20?. The van der Waals surface area contributed by atoms with Gasteiger partial charge in [-0.1, -0.05) is 49.2 Å². The van der Waals surface area contributed by atoms with E-state index in [1.54, 1.807) is 0 Å². The molecule has 0 bridgehead atoms. The largest absolute Gasteiger partial charge is 0.391 e. The van der Waals surface area contributed by atoms with E-state index < -0.39 is 0 Å². The number of benzene rings is 1. The van der Waals surface area contributed by atoms with E-state index >= 15 is 0 Å². The second kappa shape index (κ2) is 8.34. The fourth-order valence-corrected chi connectivity index (χ4v) is 3.01. The summed E-state index contributed by atoms with van der Waals surface area (Å²) in [5, 5.41) is 15.7. The van der Waals surface area contributed by atoms with E-state index in [1.807, 2.05) is 31.1 Å². The van der Waals surface area contributed by atoms with Crippen LogP contribution in [0.3, 0.4) is 0 Å². The zero-order valence-electron chi connectivity index (χ0n) is 15.7. The van der Waals surface area contributed by atoms with Gasteiger partial charge < -0.3 is 5.32 Å². The molecule has 5 heteroatoms. The molecule has 0 atom stereocenters. The third kappa shape index (κ3) is 4.73. The molecule has 0 aliphatic heterocycles. The predicted molar refractivity (Wildman–Crippen MR) is 107 cm³/mol. The van der Waals surface area contributed by atoms with E-state index in [0.29, 0.717) is 12.3 Å². The van der Waals surface area contributed by atoms with Crippen LogP contribution in [0.1, 0.15) is 43.4 Å². The van der Waals surface area contributed by atoms with Gasteiger partial charge >= 0.3 is 0 Å². The zero-order chi connectivity index (χ0) is 18.6. The maximum absolute atomic E-state index is 7.83. The highest BCUT2D eigenvalue weighted by molar-refractivity contribution is 6.68. The molecule has 2 N–H and O–H groups in total. The molecule has 0 radical (unpaired) electrons. The van der Waals surface area contributed by atoms with Gasteiger partial charge in [0.05, 0.1) is 5.69 Å². The highest BCUT2D eigenvalue weighted by Crippen LogP contribution is 2.32. The number of nitrogens with one attached hydrogen (secondary N) is 2. The second-order valence-corrected chi connectivity index (χ2v) is 7.02. The molecule has 4 nitrogen and oxygen atoms in total. The topological polar surface area (TPSA) is 53.7 Å². The monoisotopic (exact) mass is 358 g/mol. The van der Waals surface area contributed by atoms with Crippen molar-refractivity contribution in [3.05, 3.63) is 52.9 Å². The summed E-state index contributed by atoms with van der Waals surface area (Å²) >= 11 is 5.98. The lowest BCUT2D eigenvalue weighted by Crippen LogP contribution is -2.08. The molecule has 2 rings (SSSR count). The first-order chi connectivity index (χ1) is 11.8. The molecule has 2 aromatic rings. The average molecular weight is 359 g/mol. The quantitative estimate of drug-likeness (QED) is 0.700. The molecule has 1 aromatic heterocycles.